The molecule has 0 atom stereocenters. The van der Waals surface area contributed by atoms with Gasteiger partial charge in [0.1, 0.15) is 5.82 Å². The molecule has 2 aromatic heterocycles. The van der Waals surface area contributed by atoms with E-state index in [-0.39, 0.29) is 5.56 Å². The zero-order valence-electron chi connectivity index (χ0n) is 9.89. The lowest BCUT2D eigenvalue weighted by Crippen LogP contribution is -2.26. The minimum Gasteiger partial charge on any atom is -0.292 e. The van der Waals surface area contributed by atoms with E-state index in [2.05, 4.69) is 10.4 Å². The highest BCUT2D eigenvalue weighted by atomic mass is 35.5. The van der Waals surface area contributed by atoms with E-state index in [0.717, 1.165) is 17.8 Å². The first kappa shape index (κ1) is 11.2. The molecule has 3 aromatic rings. The Labute approximate surface area is 118 Å². The summed E-state index contributed by atoms with van der Waals surface area (Å²) in [6.45, 7) is 0.702. The number of hydrogen-bond donors (Lipinski definition) is 0. The topological polar surface area (TPSA) is 34.9 Å². The molecule has 0 N–H and O–H groups in total. The normalized spacial score (nSPS) is 13.3. The van der Waals surface area contributed by atoms with Gasteiger partial charge in [-0.05, 0) is 29.6 Å². The molecule has 1 aromatic carbocycles. The summed E-state index contributed by atoms with van der Waals surface area (Å²) >= 11 is 7.71. The molecule has 0 radical (unpaired) electrons. The monoisotopic (exact) mass is 288 g/mol. The second-order valence-corrected chi connectivity index (χ2v) is 6.00. The van der Waals surface area contributed by atoms with E-state index >= 15 is 0 Å². The third-order valence-electron chi connectivity index (χ3n) is 3.47. The first-order chi connectivity index (χ1) is 9.24. The average molecular weight is 289 g/mol. The predicted molar refractivity (Wildman–Crippen MR) is 78.0 cm³/mol. The highest BCUT2D eigenvalue weighted by molar-refractivity contribution is 7.10. The minimum atomic E-state index is 0.0218. The van der Waals surface area contributed by atoms with E-state index in [1.807, 2.05) is 6.07 Å². The van der Waals surface area contributed by atoms with Gasteiger partial charge in [0.2, 0.25) is 0 Å². The average Bonchev–Trinajstić information content (AvgIpc) is 2.87. The van der Waals surface area contributed by atoms with Crippen LogP contribution in [0.1, 0.15) is 4.88 Å². The zero-order chi connectivity index (χ0) is 13.0. The van der Waals surface area contributed by atoms with Crippen LogP contribution in [0.4, 0.5) is 0 Å². The molecule has 19 heavy (non-hydrogen) atoms. The number of aromatic nitrogens is 2. The van der Waals surface area contributed by atoms with Crippen LogP contribution in [0, 0.1) is 0 Å². The fourth-order valence-electron chi connectivity index (χ4n) is 2.55. The molecular weight excluding hydrogens is 280 g/mol. The summed E-state index contributed by atoms with van der Waals surface area (Å²) in [7, 11) is 0. The van der Waals surface area contributed by atoms with Crippen LogP contribution in [-0.2, 0) is 13.0 Å². The molecule has 1 aliphatic heterocycles. The SMILES string of the molecule is O=c1c2ccc(Cl)cc2nc2n1CCc1sccc1-2. The maximum Gasteiger partial charge on any atom is 0.261 e. The molecular formula is C14H9ClN2OS. The van der Waals surface area contributed by atoms with Crippen molar-refractivity contribution >= 4 is 33.8 Å². The van der Waals surface area contributed by atoms with E-state index in [1.54, 1.807) is 34.1 Å². The molecule has 0 amide bonds. The lowest BCUT2D eigenvalue weighted by Gasteiger charge is -2.18. The third kappa shape index (κ3) is 1.57. The number of benzene rings is 1. The van der Waals surface area contributed by atoms with E-state index in [4.69, 9.17) is 11.6 Å². The molecule has 94 valence electrons. The second kappa shape index (κ2) is 3.92. The van der Waals surface area contributed by atoms with Crippen molar-refractivity contribution in [2.24, 2.45) is 0 Å². The molecule has 0 bridgehead atoms. The molecule has 0 unspecified atom stereocenters. The summed E-state index contributed by atoms with van der Waals surface area (Å²) in [5, 5.41) is 3.28. The van der Waals surface area contributed by atoms with E-state index in [9.17, 15) is 4.79 Å². The number of hydrogen-bond acceptors (Lipinski definition) is 3. The predicted octanol–water partition coefficient (Wildman–Crippen LogP) is 3.33. The van der Waals surface area contributed by atoms with Gasteiger partial charge in [0.25, 0.3) is 5.56 Å². The Morgan fingerprint density at radius 1 is 1.32 bits per heavy atom. The number of rotatable bonds is 0. The number of thiophene rings is 1. The van der Waals surface area contributed by atoms with Crippen LogP contribution in [-0.4, -0.2) is 9.55 Å². The van der Waals surface area contributed by atoms with E-state index < -0.39 is 0 Å². The molecule has 0 fully saturated rings. The van der Waals surface area contributed by atoms with Crippen molar-refractivity contribution in [1.82, 2.24) is 9.55 Å². The Bertz CT molecular complexity index is 865. The van der Waals surface area contributed by atoms with Crippen molar-refractivity contribution in [2.45, 2.75) is 13.0 Å². The number of halogens is 1. The third-order valence-corrected chi connectivity index (χ3v) is 4.68. The smallest absolute Gasteiger partial charge is 0.261 e. The Morgan fingerprint density at radius 3 is 3.11 bits per heavy atom. The maximum atomic E-state index is 12.5. The van der Waals surface area contributed by atoms with Crippen molar-refractivity contribution in [2.75, 3.05) is 0 Å². The Hall–Kier alpha value is -1.65. The van der Waals surface area contributed by atoms with Crippen LogP contribution in [0.5, 0.6) is 0 Å². The Balaban J connectivity index is 2.15. The van der Waals surface area contributed by atoms with Gasteiger partial charge in [-0.2, -0.15) is 0 Å². The molecule has 1 aliphatic rings. The van der Waals surface area contributed by atoms with Gasteiger partial charge in [-0.15, -0.1) is 11.3 Å². The van der Waals surface area contributed by atoms with Crippen LogP contribution in [0.2, 0.25) is 5.02 Å². The molecule has 0 saturated heterocycles. The molecule has 0 saturated carbocycles. The summed E-state index contributed by atoms with van der Waals surface area (Å²) in [5.74, 6) is 0.766. The summed E-state index contributed by atoms with van der Waals surface area (Å²) in [4.78, 5) is 18.4. The molecule has 3 nitrogen and oxygen atoms in total. The van der Waals surface area contributed by atoms with Crippen LogP contribution < -0.4 is 5.56 Å². The van der Waals surface area contributed by atoms with Gasteiger partial charge < -0.3 is 0 Å². The van der Waals surface area contributed by atoms with Crippen molar-refractivity contribution in [3.63, 3.8) is 0 Å². The van der Waals surface area contributed by atoms with Gasteiger partial charge in [-0.1, -0.05) is 11.6 Å². The molecule has 3 heterocycles. The van der Waals surface area contributed by atoms with Gasteiger partial charge in [-0.25, -0.2) is 4.98 Å². The van der Waals surface area contributed by atoms with Gasteiger partial charge in [0.05, 0.1) is 10.9 Å². The molecule has 0 aliphatic carbocycles. The zero-order valence-corrected chi connectivity index (χ0v) is 11.5. The first-order valence-electron chi connectivity index (χ1n) is 6.01. The molecule has 5 heteroatoms. The number of fused-ring (bicyclic) bond motifs is 4. The van der Waals surface area contributed by atoms with Crippen molar-refractivity contribution in [3.05, 3.63) is 49.9 Å². The quantitative estimate of drug-likeness (QED) is 0.636. The largest absolute Gasteiger partial charge is 0.292 e. The maximum absolute atomic E-state index is 12.5. The summed E-state index contributed by atoms with van der Waals surface area (Å²) in [6.07, 6.45) is 0.903. The highest BCUT2D eigenvalue weighted by Crippen LogP contribution is 2.31. The Kier molecular flexibility index (Phi) is 2.31. The summed E-state index contributed by atoms with van der Waals surface area (Å²) < 4.78 is 1.77. The fraction of sp³-hybridized carbons (Fsp3) is 0.143. The van der Waals surface area contributed by atoms with Gasteiger partial charge in [-0.3, -0.25) is 9.36 Å². The van der Waals surface area contributed by atoms with Crippen LogP contribution >= 0.6 is 22.9 Å². The van der Waals surface area contributed by atoms with Crippen LogP contribution in [0.25, 0.3) is 22.3 Å². The lowest BCUT2D eigenvalue weighted by molar-refractivity contribution is 0.659. The summed E-state index contributed by atoms with van der Waals surface area (Å²) in [5.41, 5.74) is 1.77. The van der Waals surface area contributed by atoms with E-state index in [1.165, 1.54) is 4.88 Å². The van der Waals surface area contributed by atoms with Crippen molar-refractivity contribution in [1.29, 1.82) is 0 Å². The lowest BCUT2D eigenvalue weighted by atomic mass is 10.1. The standard InChI is InChI=1S/C14H9ClN2OS/c15-8-1-2-9-11(7-8)16-13-10-4-6-19-12(10)3-5-17(13)14(9)18/h1-2,4,6-7H,3,5H2. The highest BCUT2D eigenvalue weighted by Gasteiger charge is 2.20. The van der Waals surface area contributed by atoms with Gasteiger partial charge in [0.15, 0.2) is 0 Å². The van der Waals surface area contributed by atoms with E-state index in [0.29, 0.717) is 22.5 Å². The summed E-state index contributed by atoms with van der Waals surface area (Å²) in [6, 6.07) is 7.27. The second-order valence-electron chi connectivity index (χ2n) is 4.56. The molecule has 0 spiro atoms. The Morgan fingerprint density at radius 2 is 2.21 bits per heavy atom. The molecule has 4 rings (SSSR count). The number of aryl methyl sites for hydroxylation is 1. The van der Waals surface area contributed by atoms with Crippen molar-refractivity contribution < 1.29 is 0 Å². The first-order valence-corrected chi connectivity index (χ1v) is 7.26. The minimum absolute atomic E-state index is 0.0218. The van der Waals surface area contributed by atoms with Crippen LogP contribution in [0.15, 0.2) is 34.4 Å². The fourth-order valence-corrected chi connectivity index (χ4v) is 3.58. The van der Waals surface area contributed by atoms with Crippen LogP contribution in [0.3, 0.4) is 0 Å². The van der Waals surface area contributed by atoms with Crippen molar-refractivity contribution in [3.8, 4) is 11.4 Å². The van der Waals surface area contributed by atoms with Gasteiger partial charge >= 0.3 is 0 Å². The van der Waals surface area contributed by atoms with Gasteiger partial charge in [0, 0.05) is 28.4 Å². The number of nitrogens with zero attached hydrogens (tertiary/aromatic N) is 2.